The zero-order valence-electron chi connectivity index (χ0n) is 26.1. The molecule has 10 rings (SSSR count). The highest BCUT2D eigenvalue weighted by Crippen LogP contribution is 2.41. The number of furan rings is 1. The van der Waals surface area contributed by atoms with Crippen LogP contribution >= 0.6 is 0 Å². The molecule has 2 heteroatoms. The molecule has 0 spiro atoms. The number of hydrogen-bond donors (Lipinski definition) is 0. The minimum Gasteiger partial charge on any atom is -0.455 e. The summed E-state index contributed by atoms with van der Waals surface area (Å²) in [6.45, 7) is 0. The van der Waals surface area contributed by atoms with E-state index in [1.165, 1.54) is 43.4 Å². The number of rotatable bonds is 4. The van der Waals surface area contributed by atoms with E-state index in [2.05, 4.69) is 169 Å². The molecule has 0 radical (unpaired) electrons. The van der Waals surface area contributed by atoms with Gasteiger partial charge in [0, 0.05) is 33.2 Å². The first-order valence-electron chi connectivity index (χ1n) is 16.4. The second-order valence-electron chi connectivity index (χ2n) is 12.5. The molecule has 224 valence electrons. The van der Waals surface area contributed by atoms with Crippen LogP contribution in [0.2, 0.25) is 0 Å². The van der Waals surface area contributed by atoms with Gasteiger partial charge in [0.1, 0.15) is 11.2 Å². The minimum atomic E-state index is 0.919. The Morgan fingerprint density at radius 3 is 1.90 bits per heavy atom. The number of anilines is 3. The van der Waals surface area contributed by atoms with Crippen molar-refractivity contribution in [1.82, 2.24) is 0 Å². The molecule has 2 nitrogen and oxygen atoms in total. The van der Waals surface area contributed by atoms with E-state index >= 15 is 0 Å². The van der Waals surface area contributed by atoms with E-state index in [4.69, 9.17) is 4.42 Å². The highest BCUT2D eigenvalue weighted by Gasteiger charge is 2.16. The lowest BCUT2D eigenvalue weighted by molar-refractivity contribution is 0.672. The zero-order chi connectivity index (χ0) is 31.6. The van der Waals surface area contributed by atoms with E-state index in [-0.39, 0.29) is 0 Å². The number of hydrogen-bond acceptors (Lipinski definition) is 2. The number of benzene rings is 9. The highest BCUT2D eigenvalue weighted by molar-refractivity contribution is 6.22. The summed E-state index contributed by atoms with van der Waals surface area (Å²) in [4.78, 5) is 2.33. The molecule has 0 fully saturated rings. The molecule has 0 saturated heterocycles. The minimum absolute atomic E-state index is 0.919. The second-order valence-corrected chi connectivity index (χ2v) is 12.5. The fraction of sp³-hybridized carbons (Fsp3) is 0. The maximum Gasteiger partial charge on any atom is 0.143 e. The van der Waals surface area contributed by atoms with Gasteiger partial charge in [-0.25, -0.2) is 0 Å². The van der Waals surface area contributed by atoms with Crippen molar-refractivity contribution in [3.8, 4) is 11.1 Å². The lowest BCUT2D eigenvalue weighted by atomic mass is 9.92. The van der Waals surface area contributed by atoms with Crippen LogP contribution in [0.3, 0.4) is 0 Å². The van der Waals surface area contributed by atoms with Crippen LogP contribution in [0.25, 0.3) is 76.2 Å². The highest BCUT2D eigenvalue weighted by atomic mass is 16.3. The fourth-order valence-electron chi connectivity index (χ4n) is 7.57. The third kappa shape index (κ3) is 4.13. The molecular formula is C46H29NO. The SMILES string of the molecule is c1ccc(N(c2ccc(-c3cccc4c3ccc3ccc5ccccc5c34)cc2)c2ccc3c(ccc4c5ccccc5oc34)c2)cc1. The first-order valence-corrected chi connectivity index (χ1v) is 16.4. The average molecular weight is 612 g/mol. The Bertz CT molecular complexity index is 2830. The predicted molar refractivity (Wildman–Crippen MR) is 204 cm³/mol. The Labute approximate surface area is 277 Å². The van der Waals surface area contributed by atoms with E-state index in [0.29, 0.717) is 0 Å². The van der Waals surface area contributed by atoms with Gasteiger partial charge < -0.3 is 9.32 Å². The topological polar surface area (TPSA) is 16.4 Å². The van der Waals surface area contributed by atoms with Gasteiger partial charge in [0.25, 0.3) is 0 Å². The third-order valence-corrected chi connectivity index (χ3v) is 9.82. The number of fused-ring (bicyclic) bond motifs is 10. The lowest BCUT2D eigenvalue weighted by Crippen LogP contribution is -2.09. The summed E-state index contributed by atoms with van der Waals surface area (Å²) in [7, 11) is 0. The predicted octanol–water partition coefficient (Wildman–Crippen LogP) is 13.3. The van der Waals surface area contributed by atoms with Crippen molar-refractivity contribution in [1.29, 1.82) is 0 Å². The van der Waals surface area contributed by atoms with Crippen LogP contribution in [0, 0.1) is 0 Å². The summed E-state index contributed by atoms with van der Waals surface area (Å²) in [6.07, 6.45) is 0. The van der Waals surface area contributed by atoms with Crippen molar-refractivity contribution in [2.75, 3.05) is 4.90 Å². The van der Waals surface area contributed by atoms with Crippen LogP contribution in [0.4, 0.5) is 17.1 Å². The second kappa shape index (κ2) is 10.6. The van der Waals surface area contributed by atoms with E-state index in [1.54, 1.807) is 0 Å². The molecule has 10 aromatic rings. The lowest BCUT2D eigenvalue weighted by Gasteiger charge is -2.26. The molecule has 48 heavy (non-hydrogen) atoms. The average Bonchev–Trinajstić information content (AvgIpc) is 3.54. The maximum atomic E-state index is 6.35. The van der Waals surface area contributed by atoms with Crippen molar-refractivity contribution in [3.05, 3.63) is 176 Å². The van der Waals surface area contributed by atoms with E-state index < -0.39 is 0 Å². The normalized spacial score (nSPS) is 11.8. The van der Waals surface area contributed by atoms with Gasteiger partial charge in [-0.3, -0.25) is 0 Å². The molecule has 0 aliphatic rings. The first-order chi connectivity index (χ1) is 23.8. The fourth-order valence-corrected chi connectivity index (χ4v) is 7.57. The largest absolute Gasteiger partial charge is 0.455 e. The van der Waals surface area contributed by atoms with Crippen LogP contribution in [0.15, 0.2) is 180 Å². The van der Waals surface area contributed by atoms with Gasteiger partial charge in [0.05, 0.1) is 0 Å². The van der Waals surface area contributed by atoms with Crippen LogP contribution in [0.1, 0.15) is 0 Å². The van der Waals surface area contributed by atoms with Crippen molar-refractivity contribution in [3.63, 3.8) is 0 Å². The molecule has 0 N–H and O–H groups in total. The van der Waals surface area contributed by atoms with Crippen LogP contribution in [-0.4, -0.2) is 0 Å². The standard InChI is InChI=1S/C46H29NO/c1-2-10-34(11-3-1)47(36-25-28-39-33(29-36)22-27-43-41-13-6-7-16-44(41)48-46(39)43)35-23-19-31(20-24-35)37-14-8-15-42-40(37)26-21-32-18-17-30-9-4-5-12-38(30)45(32)42/h1-29H. The molecule has 0 unspecified atom stereocenters. The van der Waals surface area contributed by atoms with Crippen molar-refractivity contribution in [2.45, 2.75) is 0 Å². The maximum absolute atomic E-state index is 6.35. The summed E-state index contributed by atoms with van der Waals surface area (Å²) < 4.78 is 6.35. The Morgan fingerprint density at radius 1 is 0.354 bits per heavy atom. The summed E-state index contributed by atoms with van der Waals surface area (Å²) in [6, 6.07) is 63.3. The summed E-state index contributed by atoms with van der Waals surface area (Å²) in [5.41, 5.74) is 7.60. The van der Waals surface area contributed by atoms with E-state index in [1.807, 2.05) is 12.1 Å². The van der Waals surface area contributed by atoms with E-state index in [9.17, 15) is 0 Å². The summed E-state index contributed by atoms with van der Waals surface area (Å²) in [5.74, 6) is 0. The molecule has 9 aromatic carbocycles. The molecule has 1 heterocycles. The van der Waals surface area contributed by atoms with Crippen molar-refractivity contribution < 1.29 is 4.42 Å². The van der Waals surface area contributed by atoms with Gasteiger partial charge in [0.2, 0.25) is 0 Å². The summed E-state index contributed by atoms with van der Waals surface area (Å²) in [5, 5.41) is 12.3. The smallest absolute Gasteiger partial charge is 0.143 e. The van der Waals surface area contributed by atoms with Crippen LogP contribution in [0.5, 0.6) is 0 Å². The molecule has 0 amide bonds. The molecule has 0 aliphatic carbocycles. The van der Waals surface area contributed by atoms with Gasteiger partial charge in [-0.05, 0) is 103 Å². The van der Waals surface area contributed by atoms with Gasteiger partial charge in [-0.2, -0.15) is 0 Å². The van der Waals surface area contributed by atoms with Crippen LogP contribution < -0.4 is 4.90 Å². The molecular weight excluding hydrogens is 583 g/mol. The molecule has 0 atom stereocenters. The molecule has 0 aliphatic heterocycles. The van der Waals surface area contributed by atoms with Gasteiger partial charge in [-0.15, -0.1) is 0 Å². The quantitative estimate of drug-likeness (QED) is 0.184. The Hall–Kier alpha value is -6.38. The van der Waals surface area contributed by atoms with Crippen molar-refractivity contribution in [2.24, 2.45) is 0 Å². The third-order valence-electron chi connectivity index (χ3n) is 9.82. The van der Waals surface area contributed by atoms with Gasteiger partial charge >= 0.3 is 0 Å². The first kappa shape index (κ1) is 26.8. The molecule has 0 saturated carbocycles. The Balaban J connectivity index is 1.09. The zero-order valence-corrected chi connectivity index (χ0v) is 26.1. The number of para-hydroxylation sites is 2. The monoisotopic (exact) mass is 611 g/mol. The molecule has 0 bridgehead atoms. The van der Waals surface area contributed by atoms with E-state index in [0.717, 1.165) is 49.8 Å². The summed E-state index contributed by atoms with van der Waals surface area (Å²) >= 11 is 0. The van der Waals surface area contributed by atoms with Gasteiger partial charge in [0.15, 0.2) is 0 Å². The number of nitrogens with zero attached hydrogens (tertiary/aromatic N) is 1. The Morgan fingerprint density at radius 2 is 1.00 bits per heavy atom. The van der Waals surface area contributed by atoms with Crippen LogP contribution in [-0.2, 0) is 0 Å². The van der Waals surface area contributed by atoms with Crippen molar-refractivity contribution >= 4 is 82.1 Å². The van der Waals surface area contributed by atoms with Gasteiger partial charge in [-0.1, -0.05) is 121 Å². The Kier molecular flexibility index (Phi) is 5.91. The molecule has 1 aromatic heterocycles.